The molecule has 190 valence electrons. The molecule has 0 spiro atoms. The van der Waals surface area contributed by atoms with E-state index in [1.807, 2.05) is 13.0 Å². The van der Waals surface area contributed by atoms with Crippen LogP contribution in [0.2, 0.25) is 10.0 Å². The summed E-state index contributed by atoms with van der Waals surface area (Å²) in [5.41, 5.74) is 2.50. The summed E-state index contributed by atoms with van der Waals surface area (Å²) in [4.78, 5) is 20.1. The van der Waals surface area contributed by atoms with Crippen molar-refractivity contribution in [1.29, 1.82) is 0 Å². The van der Waals surface area contributed by atoms with Gasteiger partial charge in [-0.25, -0.2) is 0 Å². The van der Waals surface area contributed by atoms with Crippen LogP contribution >= 0.6 is 23.2 Å². The molecule has 2 aromatic carbocycles. The molecule has 0 saturated carbocycles. The van der Waals surface area contributed by atoms with E-state index in [1.165, 1.54) is 0 Å². The average Bonchev–Trinajstić information content (AvgIpc) is 3.26. The van der Waals surface area contributed by atoms with Gasteiger partial charge in [0.1, 0.15) is 11.4 Å². The Kier molecular flexibility index (Phi) is 6.99. The predicted molar refractivity (Wildman–Crippen MR) is 139 cm³/mol. The Morgan fingerprint density at radius 1 is 1.22 bits per heavy atom. The van der Waals surface area contributed by atoms with Crippen LogP contribution < -0.4 is 10.1 Å². The third-order valence-electron chi connectivity index (χ3n) is 6.82. The first kappa shape index (κ1) is 25.1. The van der Waals surface area contributed by atoms with E-state index in [0.717, 1.165) is 42.7 Å². The summed E-state index contributed by atoms with van der Waals surface area (Å²) in [6.45, 7) is 8.17. The van der Waals surface area contributed by atoms with Crippen LogP contribution in [0.3, 0.4) is 0 Å². The summed E-state index contributed by atoms with van der Waals surface area (Å²) in [5.74, 6) is 1.75. The summed E-state index contributed by atoms with van der Waals surface area (Å²) in [6, 6.07) is 11.3. The molecule has 1 amide bonds. The third-order valence-corrected chi connectivity index (χ3v) is 7.37. The lowest BCUT2D eigenvalue weighted by molar-refractivity contribution is -0.128. The molecule has 3 heterocycles. The number of amides is 1. The van der Waals surface area contributed by atoms with E-state index in [-0.39, 0.29) is 23.5 Å². The Hall–Kier alpha value is -2.61. The summed E-state index contributed by atoms with van der Waals surface area (Å²) in [5, 5.41) is 8.42. The highest BCUT2D eigenvalue weighted by Gasteiger charge is 2.36. The number of nitrogens with zero attached hydrogens (tertiary/aromatic N) is 3. The van der Waals surface area contributed by atoms with Gasteiger partial charge in [0, 0.05) is 29.1 Å². The van der Waals surface area contributed by atoms with Gasteiger partial charge < -0.3 is 14.6 Å². The summed E-state index contributed by atoms with van der Waals surface area (Å²) < 4.78 is 11.7. The molecule has 3 aromatic rings. The Bertz CT molecular complexity index is 1280. The maximum Gasteiger partial charge on any atom is 0.241 e. The molecule has 2 aliphatic rings. The zero-order chi connectivity index (χ0) is 25.4. The molecule has 9 heteroatoms. The number of fused-ring (bicyclic) bond motifs is 1. The van der Waals surface area contributed by atoms with Crippen LogP contribution in [0.4, 0.5) is 0 Å². The molecule has 1 N–H and O–H groups in total. The molecule has 1 aromatic heterocycles. The quantitative estimate of drug-likeness (QED) is 0.438. The van der Waals surface area contributed by atoms with Crippen LogP contribution in [0, 0.1) is 12.8 Å². The smallest absolute Gasteiger partial charge is 0.241 e. The lowest BCUT2D eigenvalue weighted by Gasteiger charge is -2.39. The Morgan fingerprint density at radius 3 is 2.86 bits per heavy atom. The molecule has 2 atom stereocenters. The summed E-state index contributed by atoms with van der Waals surface area (Å²) >= 11 is 12.3. The van der Waals surface area contributed by atoms with Gasteiger partial charge in [0.2, 0.25) is 17.6 Å². The van der Waals surface area contributed by atoms with Gasteiger partial charge in [-0.05, 0) is 70.0 Å². The predicted octanol–water partition coefficient (Wildman–Crippen LogP) is 5.98. The van der Waals surface area contributed by atoms with Gasteiger partial charge >= 0.3 is 0 Å². The van der Waals surface area contributed by atoms with Crippen molar-refractivity contribution in [3.63, 3.8) is 0 Å². The van der Waals surface area contributed by atoms with Gasteiger partial charge in [-0.3, -0.25) is 9.69 Å². The van der Waals surface area contributed by atoms with Crippen LogP contribution in [0.1, 0.15) is 56.2 Å². The SMILES string of the molecule is Cc1ccc2c(c1)OC(C)(C)CC2NC(=O)C1CCCN(Cc2nc(-c3ccc(Cl)cc3Cl)no2)C1. The number of benzene rings is 2. The van der Waals surface area contributed by atoms with Crippen molar-refractivity contribution in [3.8, 4) is 17.1 Å². The zero-order valence-corrected chi connectivity index (χ0v) is 22.2. The number of hydrogen-bond acceptors (Lipinski definition) is 6. The minimum Gasteiger partial charge on any atom is -0.487 e. The summed E-state index contributed by atoms with van der Waals surface area (Å²) in [7, 11) is 0. The molecule has 5 rings (SSSR count). The monoisotopic (exact) mass is 528 g/mol. The van der Waals surface area contributed by atoms with Crippen molar-refractivity contribution in [1.82, 2.24) is 20.4 Å². The average molecular weight is 529 g/mol. The van der Waals surface area contributed by atoms with Crippen molar-refractivity contribution >= 4 is 29.1 Å². The van der Waals surface area contributed by atoms with Crippen LogP contribution in [-0.2, 0) is 11.3 Å². The molecule has 1 saturated heterocycles. The van der Waals surface area contributed by atoms with Crippen molar-refractivity contribution in [2.75, 3.05) is 13.1 Å². The van der Waals surface area contributed by atoms with E-state index in [4.69, 9.17) is 32.5 Å². The first-order valence-electron chi connectivity index (χ1n) is 12.3. The van der Waals surface area contributed by atoms with Crippen molar-refractivity contribution in [3.05, 3.63) is 63.5 Å². The fourth-order valence-corrected chi connectivity index (χ4v) is 5.57. The van der Waals surface area contributed by atoms with Crippen LogP contribution in [0.25, 0.3) is 11.4 Å². The van der Waals surface area contributed by atoms with E-state index in [1.54, 1.807) is 18.2 Å². The summed E-state index contributed by atoms with van der Waals surface area (Å²) in [6.07, 6.45) is 2.51. The molecule has 0 aliphatic carbocycles. The van der Waals surface area contributed by atoms with E-state index >= 15 is 0 Å². The molecule has 2 unspecified atom stereocenters. The maximum atomic E-state index is 13.4. The van der Waals surface area contributed by atoms with E-state index in [0.29, 0.717) is 40.4 Å². The largest absolute Gasteiger partial charge is 0.487 e. The minimum atomic E-state index is -0.347. The second-order valence-electron chi connectivity index (χ2n) is 10.4. The molecule has 2 aliphatic heterocycles. The van der Waals surface area contributed by atoms with Gasteiger partial charge in [0.25, 0.3) is 0 Å². The lowest BCUT2D eigenvalue weighted by atomic mass is 9.88. The third kappa shape index (κ3) is 5.53. The Labute approximate surface area is 221 Å². The van der Waals surface area contributed by atoms with Crippen molar-refractivity contribution in [2.45, 2.75) is 58.2 Å². The zero-order valence-electron chi connectivity index (χ0n) is 20.7. The lowest BCUT2D eigenvalue weighted by Crippen LogP contribution is -2.46. The molecular weight excluding hydrogens is 499 g/mol. The van der Waals surface area contributed by atoms with Gasteiger partial charge in [0.15, 0.2) is 0 Å². The van der Waals surface area contributed by atoms with E-state index in [2.05, 4.69) is 46.3 Å². The highest BCUT2D eigenvalue weighted by Crippen LogP contribution is 2.40. The van der Waals surface area contributed by atoms with E-state index < -0.39 is 0 Å². The normalized spacial score (nSPS) is 21.5. The number of ether oxygens (including phenoxy) is 1. The number of likely N-dealkylation sites (tertiary alicyclic amines) is 1. The number of halogens is 2. The number of carbonyl (C=O) groups is 1. The first-order chi connectivity index (χ1) is 17.2. The maximum absolute atomic E-state index is 13.4. The second kappa shape index (κ2) is 10.0. The molecule has 7 nitrogen and oxygen atoms in total. The van der Waals surface area contributed by atoms with E-state index in [9.17, 15) is 4.79 Å². The number of rotatable bonds is 5. The van der Waals surface area contributed by atoms with Gasteiger partial charge in [0.05, 0.1) is 23.5 Å². The molecular formula is C27H30Cl2N4O3. The topological polar surface area (TPSA) is 80.5 Å². The number of aryl methyl sites for hydroxylation is 1. The van der Waals surface area contributed by atoms with Gasteiger partial charge in [-0.1, -0.05) is 40.5 Å². The van der Waals surface area contributed by atoms with Crippen LogP contribution in [-0.4, -0.2) is 39.6 Å². The fraction of sp³-hybridized carbons (Fsp3) is 0.444. The molecule has 1 fully saturated rings. The van der Waals surface area contributed by atoms with Gasteiger partial charge in [-0.15, -0.1) is 0 Å². The van der Waals surface area contributed by atoms with Crippen molar-refractivity contribution in [2.24, 2.45) is 5.92 Å². The molecule has 36 heavy (non-hydrogen) atoms. The molecule has 0 radical (unpaired) electrons. The Morgan fingerprint density at radius 2 is 2.06 bits per heavy atom. The number of nitrogens with one attached hydrogen (secondary N) is 1. The van der Waals surface area contributed by atoms with Crippen LogP contribution in [0.15, 0.2) is 40.9 Å². The number of piperidine rings is 1. The van der Waals surface area contributed by atoms with Gasteiger partial charge in [-0.2, -0.15) is 4.98 Å². The van der Waals surface area contributed by atoms with Crippen LogP contribution in [0.5, 0.6) is 5.75 Å². The highest BCUT2D eigenvalue weighted by atomic mass is 35.5. The Balaban J connectivity index is 1.24. The number of hydrogen-bond donors (Lipinski definition) is 1. The fourth-order valence-electron chi connectivity index (χ4n) is 5.08. The first-order valence-corrected chi connectivity index (χ1v) is 13.0. The van der Waals surface area contributed by atoms with Crippen molar-refractivity contribution < 1.29 is 14.1 Å². The standard InChI is InChI=1S/C27H30Cl2N4O3/c1-16-6-8-20-22(13-27(2,3)35-23(20)11-16)30-26(34)17-5-4-10-33(14-17)15-24-31-25(32-36-24)19-9-7-18(28)12-21(19)29/h6-9,11-12,17,22H,4-5,10,13-15H2,1-3H3,(H,30,34). The highest BCUT2D eigenvalue weighted by molar-refractivity contribution is 6.36. The molecule has 0 bridgehead atoms. The number of carbonyl (C=O) groups excluding carboxylic acids is 1. The second-order valence-corrected chi connectivity index (χ2v) is 11.2. The minimum absolute atomic E-state index is 0.0742. The number of aromatic nitrogens is 2.